The summed E-state index contributed by atoms with van der Waals surface area (Å²) < 4.78 is 5.76. The van der Waals surface area contributed by atoms with Crippen LogP contribution in [0, 0.1) is 5.41 Å². The van der Waals surface area contributed by atoms with Crippen LogP contribution in [0.2, 0.25) is 0 Å². The molecule has 0 aromatic carbocycles. The predicted octanol–water partition coefficient (Wildman–Crippen LogP) is 1.51. The summed E-state index contributed by atoms with van der Waals surface area (Å²) in [6.07, 6.45) is 6.23. The molecule has 3 fully saturated rings. The molecule has 4 heterocycles. The second-order valence-corrected chi connectivity index (χ2v) is 8.73. The molecule has 3 saturated heterocycles. The zero-order chi connectivity index (χ0) is 19.7. The molecular weight excluding hydrogens is 356 g/mol. The molecule has 1 aromatic heterocycles. The third-order valence-electron chi connectivity index (χ3n) is 6.52. The lowest BCUT2D eigenvalue weighted by atomic mass is 9.72. The molecular formula is C20H32N6O2. The highest BCUT2D eigenvalue weighted by Gasteiger charge is 2.42. The van der Waals surface area contributed by atoms with E-state index < -0.39 is 0 Å². The molecule has 1 unspecified atom stereocenters. The van der Waals surface area contributed by atoms with E-state index in [4.69, 9.17) is 10.5 Å². The summed E-state index contributed by atoms with van der Waals surface area (Å²) in [5.74, 6) is 2.33. The molecule has 28 heavy (non-hydrogen) atoms. The Morgan fingerprint density at radius 1 is 1.29 bits per heavy atom. The number of amides is 1. The Bertz CT molecular complexity index is 711. The number of hydrogen-bond acceptors (Lipinski definition) is 7. The zero-order valence-corrected chi connectivity index (χ0v) is 17.1. The molecule has 0 aliphatic carbocycles. The number of likely N-dealkylation sites (tertiary alicyclic amines) is 1. The predicted molar refractivity (Wildman–Crippen MR) is 109 cm³/mol. The second-order valence-electron chi connectivity index (χ2n) is 8.73. The minimum Gasteiger partial charge on any atom is -0.376 e. The van der Waals surface area contributed by atoms with E-state index in [0.717, 1.165) is 76.5 Å². The van der Waals surface area contributed by atoms with Crippen molar-refractivity contribution >= 4 is 23.5 Å². The van der Waals surface area contributed by atoms with Crippen molar-refractivity contribution in [3.05, 3.63) is 6.07 Å². The summed E-state index contributed by atoms with van der Waals surface area (Å²) in [6, 6.07) is 2.00. The normalized spacial score (nSPS) is 24.8. The van der Waals surface area contributed by atoms with Crippen LogP contribution in [0.1, 0.15) is 38.5 Å². The fraction of sp³-hybridized carbons (Fsp3) is 0.750. The van der Waals surface area contributed by atoms with Crippen molar-refractivity contribution in [3.63, 3.8) is 0 Å². The highest BCUT2D eigenvalue weighted by molar-refractivity contribution is 5.77. The third-order valence-corrected chi connectivity index (χ3v) is 6.52. The quantitative estimate of drug-likeness (QED) is 0.836. The lowest BCUT2D eigenvalue weighted by Crippen LogP contribution is -2.53. The first-order valence-corrected chi connectivity index (χ1v) is 10.4. The van der Waals surface area contributed by atoms with Gasteiger partial charge in [0.25, 0.3) is 0 Å². The van der Waals surface area contributed by atoms with Crippen LogP contribution >= 0.6 is 0 Å². The zero-order valence-electron chi connectivity index (χ0n) is 17.1. The molecule has 4 rings (SSSR count). The van der Waals surface area contributed by atoms with Gasteiger partial charge >= 0.3 is 0 Å². The van der Waals surface area contributed by atoms with E-state index >= 15 is 0 Å². The van der Waals surface area contributed by atoms with E-state index in [1.807, 2.05) is 25.1 Å². The SMILES string of the molecule is CN(C)c1cc(N2CCC3(CCC(=O)N(CC4CCCO4)C3)CC2)nc(N)n1. The van der Waals surface area contributed by atoms with Gasteiger partial charge in [-0.25, -0.2) is 0 Å². The number of aromatic nitrogens is 2. The monoisotopic (exact) mass is 388 g/mol. The summed E-state index contributed by atoms with van der Waals surface area (Å²) in [7, 11) is 3.91. The van der Waals surface area contributed by atoms with Crippen molar-refractivity contribution in [1.29, 1.82) is 0 Å². The van der Waals surface area contributed by atoms with Crippen LogP contribution < -0.4 is 15.5 Å². The molecule has 0 radical (unpaired) electrons. The van der Waals surface area contributed by atoms with Gasteiger partial charge in [0, 0.05) is 59.4 Å². The maximum atomic E-state index is 12.5. The topological polar surface area (TPSA) is 87.8 Å². The maximum absolute atomic E-state index is 12.5. The molecule has 154 valence electrons. The van der Waals surface area contributed by atoms with Gasteiger partial charge in [-0.3, -0.25) is 4.79 Å². The molecule has 3 aliphatic heterocycles. The fourth-order valence-corrected chi connectivity index (χ4v) is 4.75. The number of carbonyl (C=O) groups excluding carboxylic acids is 1. The molecule has 0 saturated carbocycles. The molecule has 3 aliphatic rings. The van der Waals surface area contributed by atoms with Gasteiger partial charge in [-0.2, -0.15) is 9.97 Å². The number of hydrogen-bond donors (Lipinski definition) is 1. The van der Waals surface area contributed by atoms with E-state index in [9.17, 15) is 4.79 Å². The van der Waals surface area contributed by atoms with Crippen molar-refractivity contribution in [1.82, 2.24) is 14.9 Å². The Balaban J connectivity index is 1.41. The minimum absolute atomic E-state index is 0.228. The van der Waals surface area contributed by atoms with Crippen LogP contribution in [0.15, 0.2) is 6.07 Å². The average Bonchev–Trinajstić information content (AvgIpc) is 3.18. The van der Waals surface area contributed by atoms with Gasteiger partial charge in [0.1, 0.15) is 11.6 Å². The molecule has 0 bridgehead atoms. The highest BCUT2D eigenvalue weighted by atomic mass is 16.5. The van der Waals surface area contributed by atoms with E-state index in [1.54, 1.807) is 0 Å². The molecule has 1 spiro atoms. The van der Waals surface area contributed by atoms with Crippen molar-refractivity contribution in [2.75, 3.05) is 62.4 Å². The molecule has 2 N–H and O–H groups in total. The molecule has 8 nitrogen and oxygen atoms in total. The number of rotatable bonds is 4. The van der Waals surface area contributed by atoms with Crippen molar-refractivity contribution < 1.29 is 9.53 Å². The van der Waals surface area contributed by atoms with E-state index in [2.05, 4.69) is 19.8 Å². The lowest BCUT2D eigenvalue weighted by molar-refractivity contribution is -0.140. The second kappa shape index (κ2) is 7.73. The molecule has 1 aromatic rings. The van der Waals surface area contributed by atoms with Crippen LogP contribution in [-0.2, 0) is 9.53 Å². The van der Waals surface area contributed by atoms with Gasteiger partial charge in [-0.15, -0.1) is 0 Å². The number of nitrogens with zero attached hydrogens (tertiary/aromatic N) is 5. The van der Waals surface area contributed by atoms with E-state index in [0.29, 0.717) is 18.3 Å². The van der Waals surface area contributed by atoms with Gasteiger partial charge < -0.3 is 25.2 Å². The van der Waals surface area contributed by atoms with Gasteiger partial charge in [-0.1, -0.05) is 0 Å². The standard InChI is InChI=1S/C20H32N6O2/c1-24(2)16-12-17(23-19(21)22-16)25-9-7-20(8-10-25)6-5-18(27)26(14-20)13-15-4-3-11-28-15/h12,15H,3-11,13-14H2,1-2H3,(H2,21,22,23). The Morgan fingerprint density at radius 3 is 2.75 bits per heavy atom. The van der Waals surface area contributed by atoms with Crippen molar-refractivity contribution in [3.8, 4) is 0 Å². The average molecular weight is 389 g/mol. The summed E-state index contributed by atoms with van der Waals surface area (Å²) >= 11 is 0. The maximum Gasteiger partial charge on any atom is 0.223 e. The highest BCUT2D eigenvalue weighted by Crippen LogP contribution is 2.41. The number of ether oxygens (including phenoxy) is 1. The van der Waals surface area contributed by atoms with E-state index in [-0.39, 0.29) is 11.5 Å². The third kappa shape index (κ3) is 4.01. The smallest absolute Gasteiger partial charge is 0.223 e. The van der Waals surface area contributed by atoms with Crippen LogP contribution in [0.5, 0.6) is 0 Å². The van der Waals surface area contributed by atoms with E-state index in [1.165, 1.54) is 0 Å². The van der Waals surface area contributed by atoms with Gasteiger partial charge in [-0.05, 0) is 37.5 Å². The Morgan fingerprint density at radius 2 is 2.07 bits per heavy atom. The number of anilines is 3. The van der Waals surface area contributed by atoms with Crippen LogP contribution in [-0.4, -0.2) is 73.8 Å². The van der Waals surface area contributed by atoms with Crippen LogP contribution in [0.3, 0.4) is 0 Å². The summed E-state index contributed by atoms with van der Waals surface area (Å²) in [5, 5.41) is 0. The molecule has 1 atom stereocenters. The van der Waals surface area contributed by atoms with Crippen LogP contribution in [0.4, 0.5) is 17.6 Å². The first kappa shape index (κ1) is 19.2. The molecule has 1 amide bonds. The first-order chi connectivity index (χ1) is 13.4. The molecule has 8 heteroatoms. The number of piperidine rings is 2. The first-order valence-electron chi connectivity index (χ1n) is 10.4. The van der Waals surface area contributed by atoms with Crippen molar-refractivity contribution in [2.45, 2.75) is 44.6 Å². The number of nitrogens with two attached hydrogens (primary N) is 1. The van der Waals surface area contributed by atoms with Crippen molar-refractivity contribution in [2.24, 2.45) is 5.41 Å². The van der Waals surface area contributed by atoms with Gasteiger partial charge in [0.2, 0.25) is 11.9 Å². The summed E-state index contributed by atoms with van der Waals surface area (Å²) in [4.78, 5) is 27.5. The Kier molecular flexibility index (Phi) is 5.31. The number of carbonyl (C=O) groups is 1. The summed E-state index contributed by atoms with van der Waals surface area (Å²) in [6.45, 7) is 4.34. The Labute approximate surface area is 167 Å². The fourth-order valence-electron chi connectivity index (χ4n) is 4.75. The largest absolute Gasteiger partial charge is 0.376 e. The minimum atomic E-state index is 0.228. The Hall–Kier alpha value is -2.09. The van der Waals surface area contributed by atoms with Gasteiger partial charge in [0.05, 0.1) is 6.10 Å². The summed E-state index contributed by atoms with van der Waals surface area (Å²) in [5.41, 5.74) is 6.15. The van der Waals surface area contributed by atoms with Gasteiger partial charge in [0.15, 0.2) is 0 Å². The lowest BCUT2D eigenvalue weighted by Gasteiger charge is -2.48. The van der Waals surface area contributed by atoms with Crippen LogP contribution in [0.25, 0.3) is 0 Å². The number of nitrogen functional groups attached to an aromatic ring is 1.